The minimum atomic E-state index is -3.79. The first-order valence-corrected chi connectivity index (χ1v) is 12.5. The number of thiophene rings is 1. The highest BCUT2D eigenvalue weighted by Gasteiger charge is 2.28. The van der Waals surface area contributed by atoms with E-state index in [-0.39, 0.29) is 15.7 Å². The predicted molar refractivity (Wildman–Crippen MR) is 120 cm³/mol. The Labute approximate surface area is 189 Å². The molecule has 11 heteroatoms. The number of hydrogen-bond acceptors (Lipinski definition) is 6. The third kappa shape index (κ3) is 4.91. The lowest BCUT2D eigenvalue weighted by molar-refractivity contribution is -0.114. The number of sulfonamides is 1. The van der Waals surface area contributed by atoms with Crippen LogP contribution in [-0.2, 0) is 32.4 Å². The Kier molecular flexibility index (Phi) is 6.96. The molecule has 162 valence electrons. The minimum Gasteiger partial charge on any atom is -0.465 e. The number of amides is 1. The minimum absolute atomic E-state index is 0.169. The molecule has 3 rings (SSSR count). The van der Waals surface area contributed by atoms with Crippen molar-refractivity contribution in [1.82, 2.24) is 0 Å². The number of carbonyl (C=O) groups is 2. The van der Waals surface area contributed by atoms with Gasteiger partial charge >= 0.3 is 5.97 Å². The molecule has 1 amide bonds. The highest BCUT2D eigenvalue weighted by molar-refractivity contribution is 7.92. The summed E-state index contributed by atoms with van der Waals surface area (Å²) in [5.41, 5.74) is 1.46. The van der Waals surface area contributed by atoms with Gasteiger partial charge in [-0.05, 0) is 49.4 Å². The van der Waals surface area contributed by atoms with Crippen molar-refractivity contribution in [3.8, 4) is 0 Å². The largest absolute Gasteiger partial charge is 0.465 e. The predicted octanol–water partition coefficient (Wildman–Crippen LogP) is 4.13. The monoisotopic (exact) mass is 490 g/mol. The van der Waals surface area contributed by atoms with Crippen LogP contribution >= 0.6 is 34.5 Å². The van der Waals surface area contributed by atoms with Gasteiger partial charge in [0.2, 0.25) is 15.9 Å². The molecular formula is C19H20Cl2N2O5S2. The quantitative estimate of drug-likeness (QED) is 0.614. The van der Waals surface area contributed by atoms with Gasteiger partial charge in [0, 0.05) is 4.88 Å². The van der Waals surface area contributed by atoms with Gasteiger partial charge in [0.25, 0.3) is 0 Å². The maximum absolute atomic E-state index is 12.7. The van der Waals surface area contributed by atoms with Crippen molar-refractivity contribution in [2.24, 2.45) is 0 Å². The van der Waals surface area contributed by atoms with Crippen LogP contribution < -0.4 is 9.62 Å². The summed E-state index contributed by atoms with van der Waals surface area (Å²) < 4.78 is 30.4. The highest BCUT2D eigenvalue weighted by Crippen LogP contribution is 2.38. The first kappa shape index (κ1) is 22.9. The SMILES string of the molecule is COC(=O)c1c(NC(=O)CN(c2ccc(Cl)c(Cl)c2)S(C)(=O)=O)sc2c1CCCC2. The topological polar surface area (TPSA) is 92.8 Å². The van der Waals surface area contributed by atoms with E-state index in [1.165, 1.54) is 36.6 Å². The number of fused-ring (bicyclic) bond motifs is 1. The smallest absolute Gasteiger partial charge is 0.341 e. The molecule has 0 spiro atoms. The molecule has 0 aliphatic heterocycles. The van der Waals surface area contributed by atoms with Crippen LogP contribution in [0.15, 0.2) is 18.2 Å². The van der Waals surface area contributed by atoms with Crippen molar-refractivity contribution in [2.45, 2.75) is 25.7 Å². The van der Waals surface area contributed by atoms with E-state index in [2.05, 4.69) is 5.32 Å². The van der Waals surface area contributed by atoms with Crippen LogP contribution in [0.4, 0.5) is 10.7 Å². The average Bonchev–Trinajstić information content (AvgIpc) is 3.04. The Morgan fingerprint density at radius 3 is 2.53 bits per heavy atom. The Balaban J connectivity index is 1.88. The number of halogens is 2. The van der Waals surface area contributed by atoms with Gasteiger partial charge in [0.15, 0.2) is 0 Å². The summed E-state index contributed by atoms with van der Waals surface area (Å²) in [6.45, 7) is -0.486. The molecule has 1 aromatic carbocycles. The van der Waals surface area contributed by atoms with E-state index >= 15 is 0 Å². The molecule has 0 atom stereocenters. The van der Waals surface area contributed by atoms with Gasteiger partial charge in [-0.1, -0.05) is 23.2 Å². The Hall–Kier alpha value is -1.81. The Bertz CT molecular complexity index is 1100. The molecule has 0 saturated carbocycles. The molecule has 1 N–H and O–H groups in total. The molecule has 30 heavy (non-hydrogen) atoms. The van der Waals surface area contributed by atoms with Crippen molar-refractivity contribution in [1.29, 1.82) is 0 Å². The number of carbonyl (C=O) groups excluding carboxylic acids is 2. The number of esters is 1. The van der Waals surface area contributed by atoms with E-state index in [1.54, 1.807) is 0 Å². The van der Waals surface area contributed by atoms with Gasteiger partial charge in [-0.15, -0.1) is 11.3 Å². The molecule has 1 aromatic heterocycles. The van der Waals surface area contributed by atoms with Crippen molar-refractivity contribution >= 4 is 67.1 Å². The molecule has 1 heterocycles. The Morgan fingerprint density at radius 2 is 1.90 bits per heavy atom. The summed E-state index contributed by atoms with van der Waals surface area (Å²) in [6, 6.07) is 4.30. The van der Waals surface area contributed by atoms with E-state index in [9.17, 15) is 18.0 Å². The number of nitrogens with one attached hydrogen (secondary N) is 1. The fourth-order valence-electron chi connectivity index (χ4n) is 3.31. The number of hydrogen-bond donors (Lipinski definition) is 1. The second kappa shape index (κ2) is 9.13. The highest BCUT2D eigenvalue weighted by atomic mass is 35.5. The lowest BCUT2D eigenvalue weighted by Gasteiger charge is -2.22. The van der Waals surface area contributed by atoms with Crippen LogP contribution in [-0.4, -0.2) is 40.2 Å². The number of benzene rings is 1. The summed E-state index contributed by atoms with van der Waals surface area (Å²) in [6.07, 6.45) is 4.54. The van der Waals surface area contributed by atoms with Gasteiger partial charge in [-0.2, -0.15) is 0 Å². The zero-order valence-electron chi connectivity index (χ0n) is 16.3. The lowest BCUT2D eigenvalue weighted by Crippen LogP contribution is -2.37. The van der Waals surface area contributed by atoms with E-state index in [1.807, 2.05) is 0 Å². The first-order valence-electron chi connectivity index (χ1n) is 9.07. The average molecular weight is 491 g/mol. The number of ether oxygens (including phenoxy) is 1. The second-order valence-electron chi connectivity index (χ2n) is 6.82. The van der Waals surface area contributed by atoms with Crippen molar-refractivity contribution < 1.29 is 22.7 Å². The van der Waals surface area contributed by atoms with Gasteiger partial charge in [-0.3, -0.25) is 9.10 Å². The molecule has 0 radical (unpaired) electrons. The summed E-state index contributed by atoms with van der Waals surface area (Å²) in [4.78, 5) is 26.1. The molecule has 0 unspecified atom stereocenters. The lowest BCUT2D eigenvalue weighted by atomic mass is 9.95. The van der Waals surface area contributed by atoms with Crippen molar-refractivity contribution in [2.75, 3.05) is 29.5 Å². The summed E-state index contributed by atoms with van der Waals surface area (Å²) in [7, 11) is -2.50. The molecule has 7 nitrogen and oxygen atoms in total. The van der Waals surface area contributed by atoms with Gasteiger partial charge < -0.3 is 10.1 Å². The molecule has 0 fully saturated rings. The van der Waals surface area contributed by atoms with Crippen molar-refractivity contribution in [3.05, 3.63) is 44.2 Å². The summed E-state index contributed by atoms with van der Waals surface area (Å²) in [5, 5.41) is 3.51. The molecular weight excluding hydrogens is 471 g/mol. The maximum atomic E-state index is 12.7. The number of nitrogens with zero attached hydrogens (tertiary/aromatic N) is 1. The Morgan fingerprint density at radius 1 is 1.20 bits per heavy atom. The van der Waals surface area contributed by atoms with E-state index in [4.69, 9.17) is 27.9 Å². The van der Waals surface area contributed by atoms with Crippen LogP contribution in [0.5, 0.6) is 0 Å². The molecule has 2 aromatic rings. The van der Waals surface area contributed by atoms with Gasteiger partial charge in [0.05, 0.1) is 34.7 Å². The van der Waals surface area contributed by atoms with Crippen LogP contribution in [0, 0.1) is 0 Å². The third-order valence-electron chi connectivity index (χ3n) is 4.69. The molecule has 0 bridgehead atoms. The maximum Gasteiger partial charge on any atom is 0.341 e. The fraction of sp³-hybridized carbons (Fsp3) is 0.368. The van der Waals surface area contributed by atoms with Crippen LogP contribution in [0.25, 0.3) is 0 Å². The fourth-order valence-corrected chi connectivity index (χ4v) is 5.74. The van der Waals surface area contributed by atoms with Crippen LogP contribution in [0.2, 0.25) is 10.0 Å². The van der Waals surface area contributed by atoms with Gasteiger partial charge in [0.1, 0.15) is 11.5 Å². The second-order valence-corrected chi connectivity index (χ2v) is 10.6. The first-order chi connectivity index (χ1) is 14.1. The summed E-state index contributed by atoms with van der Waals surface area (Å²) >= 11 is 13.2. The van der Waals surface area contributed by atoms with E-state index < -0.39 is 28.4 Å². The van der Waals surface area contributed by atoms with E-state index in [0.29, 0.717) is 10.6 Å². The molecule has 1 aliphatic carbocycles. The van der Waals surface area contributed by atoms with Crippen molar-refractivity contribution in [3.63, 3.8) is 0 Å². The molecule has 0 saturated heterocycles. The third-order valence-corrected chi connectivity index (χ3v) is 7.78. The molecule has 1 aliphatic rings. The standard InChI is InChI=1S/C19H20Cl2N2O5S2/c1-28-19(25)17-12-5-3-4-6-15(12)29-18(17)22-16(24)10-23(30(2,26)27)11-7-8-13(20)14(21)9-11/h7-9H,3-6,10H2,1-2H3,(H,22,24). The number of rotatable bonds is 6. The van der Waals surface area contributed by atoms with Crippen LogP contribution in [0.3, 0.4) is 0 Å². The zero-order valence-corrected chi connectivity index (χ0v) is 19.5. The van der Waals surface area contributed by atoms with E-state index in [0.717, 1.165) is 46.7 Å². The number of aryl methyl sites for hydroxylation is 1. The normalized spacial score (nSPS) is 13.5. The zero-order chi connectivity index (χ0) is 22.1. The summed E-state index contributed by atoms with van der Waals surface area (Å²) in [5.74, 6) is -1.11. The number of methoxy groups -OCH3 is 1. The van der Waals surface area contributed by atoms with Gasteiger partial charge in [-0.25, -0.2) is 13.2 Å². The number of anilines is 2. The van der Waals surface area contributed by atoms with Crippen LogP contribution in [0.1, 0.15) is 33.6 Å².